The van der Waals surface area contributed by atoms with Gasteiger partial charge in [0.05, 0.1) is 6.61 Å². The minimum absolute atomic E-state index is 0.0981. The molecule has 0 aromatic heterocycles. The second-order valence-corrected chi connectivity index (χ2v) is 4.60. The molecule has 1 fully saturated rings. The van der Waals surface area contributed by atoms with Gasteiger partial charge in [-0.3, -0.25) is 0 Å². The van der Waals surface area contributed by atoms with E-state index < -0.39 is 0 Å². The number of hydrogen-bond donors (Lipinski definition) is 2. The summed E-state index contributed by atoms with van der Waals surface area (Å²) in [5, 5.41) is 12.8. The van der Waals surface area contributed by atoms with Gasteiger partial charge in [0.2, 0.25) is 0 Å². The molecule has 1 aromatic carbocycles. The average molecular weight is 205 g/mol. The number of hydrogen-bond acceptors (Lipinski definition) is 2. The van der Waals surface area contributed by atoms with E-state index >= 15 is 0 Å². The van der Waals surface area contributed by atoms with Gasteiger partial charge in [-0.2, -0.15) is 0 Å². The molecular weight excluding hydrogens is 186 g/mol. The lowest BCUT2D eigenvalue weighted by Crippen LogP contribution is -2.29. The molecule has 82 valence electrons. The molecule has 0 bridgehead atoms. The number of aryl methyl sites for hydroxylation is 1. The molecule has 1 unspecified atom stereocenters. The van der Waals surface area contributed by atoms with E-state index in [0.29, 0.717) is 6.04 Å². The van der Waals surface area contributed by atoms with E-state index in [1.54, 1.807) is 0 Å². The third kappa shape index (κ3) is 1.80. The molecule has 1 aromatic rings. The Morgan fingerprint density at radius 2 is 2.07 bits per heavy atom. The summed E-state index contributed by atoms with van der Waals surface area (Å²) in [5.41, 5.74) is 2.73. The minimum Gasteiger partial charge on any atom is -0.396 e. The zero-order valence-corrected chi connectivity index (χ0v) is 9.46. The van der Waals surface area contributed by atoms with Gasteiger partial charge in [-0.15, -0.1) is 0 Å². The third-order valence-electron chi connectivity index (χ3n) is 3.61. The maximum absolute atomic E-state index is 9.47. The van der Waals surface area contributed by atoms with E-state index in [2.05, 4.69) is 36.5 Å². The Hall–Kier alpha value is -0.860. The fourth-order valence-electron chi connectivity index (χ4n) is 2.40. The van der Waals surface area contributed by atoms with Crippen molar-refractivity contribution in [1.29, 1.82) is 0 Å². The van der Waals surface area contributed by atoms with Crippen molar-refractivity contribution in [2.75, 3.05) is 13.7 Å². The van der Waals surface area contributed by atoms with Gasteiger partial charge in [0, 0.05) is 11.5 Å². The molecule has 0 heterocycles. The summed E-state index contributed by atoms with van der Waals surface area (Å²) in [7, 11) is 1.98. The van der Waals surface area contributed by atoms with Gasteiger partial charge in [-0.05, 0) is 37.9 Å². The predicted octanol–water partition coefficient (Wildman–Crippen LogP) is 2.03. The summed E-state index contributed by atoms with van der Waals surface area (Å²) >= 11 is 0. The summed E-state index contributed by atoms with van der Waals surface area (Å²) in [6, 6.07) is 8.72. The van der Waals surface area contributed by atoms with E-state index in [9.17, 15) is 5.11 Å². The van der Waals surface area contributed by atoms with Gasteiger partial charge in [-0.1, -0.05) is 24.3 Å². The van der Waals surface area contributed by atoms with Crippen molar-refractivity contribution >= 4 is 0 Å². The minimum atomic E-state index is 0.0981. The molecule has 2 heteroatoms. The molecule has 1 aliphatic carbocycles. The number of aliphatic hydroxyl groups excluding tert-OH is 1. The van der Waals surface area contributed by atoms with Crippen LogP contribution in [0.5, 0.6) is 0 Å². The summed E-state index contributed by atoms with van der Waals surface area (Å²) in [6.45, 7) is 2.42. The number of aliphatic hydroxyl groups is 1. The maximum atomic E-state index is 9.47. The van der Waals surface area contributed by atoms with Crippen LogP contribution >= 0.6 is 0 Å². The van der Waals surface area contributed by atoms with Crippen molar-refractivity contribution in [2.24, 2.45) is 5.41 Å². The van der Waals surface area contributed by atoms with E-state index in [0.717, 1.165) is 12.8 Å². The van der Waals surface area contributed by atoms with Crippen LogP contribution in [0.2, 0.25) is 0 Å². The fraction of sp³-hybridized carbons (Fsp3) is 0.538. The number of nitrogens with one attached hydrogen (secondary N) is 1. The summed E-state index contributed by atoms with van der Waals surface area (Å²) in [5.74, 6) is 0. The highest BCUT2D eigenvalue weighted by atomic mass is 16.3. The largest absolute Gasteiger partial charge is 0.396 e. The first kappa shape index (κ1) is 10.7. The zero-order chi connectivity index (χ0) is 10.9. The van der Waals surface area contributed by atoms with Gasteiger partial charge in [0.15, 0.2) is 0 Å². The van der Waals surface area contributed by atoms with Crippen LogP contribution < -0.4 is 5.32 Å². The number of rotatable bonds is 4. The Bertz CT molecular complexity index is 344. The smallest absolute Gasteiger partial charge is 0.0505 e. The van der Waals surface area contributed by atoms with Crippen LogP contribution in [0.15, 0.2) is 24.3 Å². The molecule has 15 heavy (non-hydrogen) atoms. The highest BCUT2D eigenvalue weighted by Gasteiger charge is 2.49. The van der Waals surface area contributed by atoms with Gasteiger partial charge < -0.3 is 10.4 Å². The van der Waals surface area contributed by atoms with Crippen molar-refractivity contribution in [2.45, 2.75) is 25.8 Å². The highest BCUT2D eigenvalue weighted by molar-refractivity contribution is 5.31. The molecule has 0 radical (unpaired) electrons. The lowest BCUT2D eigenvalue weighted by Gasteiger charge is -2.26. The fourth-order valence-corrected chi connectivity index (χ4v) is 2.40. The van der Waals surface area contributed by atoms with Crippen molar-refractivity contribution in [3.05, 3.63) is 35.4 Å². The van der Waals surface area contributed by atoms with Gasteiger partial charge in [-0.25, -0.2) is 0 Å². The first-order valence-electron chi connectivity index (χ1n) is 5.57. The second kappa shape index (κ2) is 3.95. The van der Waals surface area contributed by atoms with Gasteiger partial charge in [0.25, 0.3) is 0 Å². The summed E-state index contributed by atoms with van der Waals surface area (Å²) < 4.78 is 0. The Labute approximate surface area is 91.3 Å². The van der Waals surface area contributed by atoms with Crippen LogP contribution in [0.25, 0.3) is 0 Å². The average Bonchev–Trinajstić information content (AvgIpc) is 3.03. The Morgan fingerprint density at radius 1 is 1.40 bits per heavy atom. The predicted molar refractivity (Wildman–Crippen MR) is 61.7 cm³/mol. The standard InChI is InChI=1S/C13H19NO/c1-10-5-3-4-6-11(10)12(14-2)13(9-15)7-8-13/h3-6,12,14-15H,7-9H2,1-2H3. The van der Waals surface area contributed by atoms with Crippen LogP contribution in [0, 0.1) is 12.3 Å². The molecule has 0 spiro atoms. The van der Waals surface area contributed by atoms with Crippen molar-refractivity contribution in [3.63, 3.8) is 0 Å². The zero-order valence-electron chi connectivity index (χ0n) is 9.46. The van der Waals surface area contributed by atoms with Gasteiger partial charge in [0.1, 0.15) is 0 Å². The van der Waals surface area contributed by atoms with Crippen molar-refractivity contribution in [1.82, 2.24) is 5.32 Å². The van der Waals surface area contributed by atoms with Crippen molar-refractivity contribution < 1.29 is 5.11 Å². The number of benzene rings is 1. The van der Waals surface area contributed by atoms with Crippen molar-refractivity contribution in [3.8, 4) is 0 Å². The van der Waals surface area contributed by atoms with E-state index in [1.807, 2.05) is 7.05 Å². The third-order valence-corrected chi connectivity index (χ3v) is 3.61. The van der Waals surface area contributed by atoms with Crippen LogP contribution in [0.1, 0.15) is 30.0 Å². The molecular formula is C13H19NO. The lowest BCUT2D eigenvalue weighted by atomic mass is 9.88. The molecule has 0 aliphatic heterocycles. The van der Waals surface area contributed by atoms with Crippen LogP contribution in [0.4, 0.5) is 0 Å². The van der Waals surface area contributed by atoms with Crippen LogP contribution in [-0.2, 0) is 0 Å². The first-order valence-corrected chi connectivity index (χ1v) is 5.57. The Morgan fingerprint density at radius 3 is 2.53 bits per heavy atom. The molecule has 1 saturated carbocycles. The van der Waals surface area contributed by atoms with Crippen LogP contribution in [-0.4, -0.2) is 18.8 Å². The quantitative estimate of drug-likeness (QED) is 0.788. The molecule has 2 rings (SSSR count). The first-order chi connectivity index (χ1) is 7.23. The second-order valence-electron chi connectivity index (χ2n) is 4.60. The van der Waals surface area contributed by atoms with Crippen LogP contribution in [0.3, 0.4) is 0 Å². The molecule has 2 N–H and O–H groups in total. The Balaban J connectivity index is 2.31. The SMILES string of the molecule is CNC(c1ccccc1C)C1(CO)CC1. The Kier molecular flexibility index (Phi) is 2.81. The van der Waals surface area contributed by atoms with E-state index in [-0.39, 0.29) is 12.0 Å². The normalized spacial score (nSPS) is 19.9. The van der Waals surface area contributed by atoms with E-state index in [4.69, 9.17) is 0 Å². The molecule has 1 atom stereocenters. The molecule has 0 saturated heterocycles. The monoisotopic (exact) mass is 205 g/mol. The topological polar surface area (TPSA) is 32.3 Å². The maximum Gasteiger partial charge on any atom is 0.0505 e. The van der Waals surface area contributed by atoms with E-state index in [1.165, 1.54) is 11.1 Å². The molecule has 0 amide bonds. The highest BCUT2D eigenvalue weighted by Crippen LogP contribution is 2.54. The molecule has 1 aliphatic rings. The van der Waals surface area contributed by atoms with Gasteiger partial charge >= 0.3 is 0 Å². The lowest BCUT2D eigenvalue weighted by molar-refractivity contribution is 0.175. The summed E-state index contributed by atoms with van der Waals surface area (Å²) in [4.78, 5) is 0. The summed E-state index contributed by atoms with van der Waals surface area (Å²) in [6.07, 6.45) is 2.26. The molecule has 2 nitrogen and oxygen atoms in total.